The highest BCUT2D eigenvalue weighted by Crippen LogP contribution is 2.04. The van der Waals surface area contributed by atoms with Gasteiger partial charge in [0.1, 0.15) is 12.4 Å². The summed E-state index contributed by atoms with van der Waals surface area (Å²) in [6, 6.07) is 0. The molecule has 2 nitrogen and oxygen atoms in total. The highest BCUT2D eigenvalue weighted by Gasteiger charge is 2.04. The zero-order valence-corrected chi connectivity index (χ0v) is 6.26. The van der Waals surface area contributed by atoms with E-state index in [2.05, 4.69) is 10.9 Å². The number of allylic oxidation sites excluding steroid dienone is 1. The molecule has 0 aromatic heterocycles. The lowest BCUT2D eigenvalue weighted by molar-refractivity contribution is 0.465. The van der Waals surface area contributed by atoms with Crippen molar-refractivity contribution < 1.29 is 0 Å². The van der Waals surface area contributed by atoms with E-state index in [1.807, 2.05) is 25.1 Å². The predicted octanol–water partition coefficient (Wildman–Crippen LogP) is 0.867. The monoisotopic (exact) mass is 134 g/mol. The predicted molar refractivity (Wildman–Crippen MR) is 42.7 cm³/mol. The summed E-state index contributed by atoms with van der Waals surface area (Å²) in [4.78, 5) is 6.14. The van der Waals surface area contributed by atoms with Gasteiger partial charge in [0.25, 0.3) is 0 Å². The van der Waals surface area contributed by atoms with Crippen molar-refractivity contribution in [2.45, 2.75) is 6.92 Å². The van der Waals surface area contributed by atoms with E-state index in [-0.39, 0.29) is 0 Å². The molecule has 1 rings (SSSR count). The van der Waals surface area contributed by atoms with Crippen LogP contribution in [0.4, 0.5) is 0 Å². The number of rotatable bonds is 0. The first-order valence-corrected chi connectivity index (χ1v) is 3.14. The SMILES string of the molecule is C#CC1=NCN(C)C=C1C. The van der Waals surface area contributed by atoms with E-state index in [1.54, 1.807) is 0 Å². The Kier molecular flexibility index (Phi) is 1.77. The van der Waals surface area contributed by atoms with Gasteiger partial charge in [0.2, 0.25) is 0 Å². The fourth-order valence-corrected chi connectivity index (χ4v) is 0.899. The average Bonchev–Trinajstić information content (AvgIpc) is 1.88. The molecule has 52 valence electrons. The summed E-state index contributed by atoms with van der Waals surface area (Å²) in [6.45, 7) is 2.64. The van der Waals surface area contributed by atoms with Crippen LogP contribution in [-0.4, -0.2) is 24.3 Å². The van der Waals surface area contributed by atoms with E-state index in [0.717, 1.165) is 11.3 Å². The Balaban J connectivity index is 2.84. The van der Waals surface area contributed by atoms with E-state index in [0.29, 0.717) is 6.67 Å². The maximum Gasteiger partial charge on any atom is 0.113 e. The van der Waals surface area contributed by atoms with Gasteiger partial charge in [0.05, 0.1) is 0 Å². The highest BCUT2D eigenvalue weighted by molar-refractivity contribution is 6.12. The molecule has 0 radical (unpaired) electrons. The standard InChI is InChI=1S/C8H10N2/c1-4-8-7(2)5-10(3)6-9-8/h1,5H,6H2,2-3H3. The third kappa shape index (κ3) is 1.19. The average molecular weight is 134 g/mol. The lowest BCUT2D eigenvalue weighted by Gasteiger charge is -2.17. The summed E-state index contributed by atoms with van der Waals surface area (Å²) >= 11 is 0. The van der Waals surface area contributed by atoms with Crippen LogP contribution < -0.4 is 0 Å². The molecule has 2 heteroatoms. The van der Waals surface area contributed by atoms with Crippen molar-refractivity contribution in [3.05, 3.63) is 11.8 Å². The lowest BCUT2D eigenvalue weighted by Crippen LogP contribution is -2.19. The maximum absolute atomic E-state index is 5.20. The van der Waals surface area contributed by atoms with Gasteiger partial charge in [0.15, 0.2) is 0 Å². The molecule has 0 aliphatic carbocycles. The van der Waals surface area contributed by atoms with Crippen molar-refractivity contribution in [1.82, 2.24) is 4.90 Å². The summed E-state index contributed by atoms with van der Waals surface area (Å²) in [5.74, 6) is 2.53. The normalized spacial score (nSPS) is 17.5. The van der Waals surface area contributed by atoms with Crippen molar-refractivity contribution in [2.75, 3.05) is 13.7 Å². The molecule has 0 fully saturated rings. The van der Waals surface area contributed by atoms with Crippen molar-refractivity contribution in [3.63, 3.8) is 0 Å². The molecule has 0 atom stereocenters. The van der Waals surface area contributed by atoms with Crippen LogP contribution in [0.2, 0.25) is 0 Å². The molecular formula is C8H10N2. The zero-order valence-electron chi connectivity index (χ0n) is 6.26. The third-order valence-corrected chi connectivity index (χ3v) is 1.38. The topological polar surface area (TPSA) is 15.6 Å². The molecule has 1 aliphatic rings. The summed E-state index contributed by atoms with van der Waals surface area (Å²) in [7, 11) is 1.97. The number of nitrogens with zero attached hydrogens (tertiary/aromatic N) is 2. The molecule has 10 heavy (non-hydrogen) atoms. The van der Waals surface area contributed by atoms with Gasteiger partial charge >= 0.3 is 0 Å². The molecule has 1 heterocycles. The first kappa shape index (κ1) is 6.88. The molecule has 0 spiro atoms. The minimum absolute atomic E-state index is 0.677. The minimum Gasteiger partial charge on any atom is -0.361 e. The lowest BCUT2D eigenvalue weighted by atomic mass is 10.2. The number of terminal acetylenes is 1. The van der Waals surface area contributed by atoms with Gasteiger partial charge in [0, 0.05) is 13.2 Å². The smallest absolute Gasteiger partial charge is 0.113 e. The van der Waals surface area contributed by atoms with Crippen LogP contribution in [0, 0.1) is 12.3 Å². The Morgan fingerprint density at radius 3 is 3.00 bits per heavy atom. The van der Waals surface area contributed by atoms with Crippen LogP contribution >= 0.6 is 0 Å². The third-order valence-electron chi connectivity index (χ3n) is 1.38. The van der Waals surface area contributed by atoms with E-state index in [9.17, 15) is 0 Å². The van der Waals surface area contributed by atoms with E-state index in [1.165, 1.54) is 0 Å². The van der Waals surface area contributed by atoms with Crippen LogP contribution in [-0.2, 0) is 0 Å². The first-order chi connectivity index (χ1) is 4.74. The van der Waals surface area contributed by atoms with Crippen LogP contribution in [0.25, 0.3) is 0 Å². The molecule has 0 aromatic carbocycles. The Hall–Kier alpha value is -1.23. The molecule has 0 N–H and O–H groups in total. The summed E-state index contributed by atoms with van der Waals surface area (Å²) in [5.41, 5.74) is 1.84. The Morgan fingerprint density at radius 1 is 1.80 bits per heavy atom. The van der Waals surface area contributed by atoms with Crippen molar-refractivity contribution >= 4 is 5.71 Å². The number of aliphatic imine (C=N–C) groups is 1. The molecular weight excluding hydrogens is 124 g/mol. The Labute approximate surface area is 61.3 Å². The van der Waals surface area contributed by atoms with Crippen molar-refractivity contribution in [3.8, 4) is 12.3 Å². The first-order valence-electron chi connectivity index (χ1n) is 3.14. The van der Waals surface area contributed by atoms with E-state index >= 15 is 0 Å². The maximum atomic E-state index is 5.20. The van der Waals surface area contributed by atoms with Gasteiger partial charge in [-0.05, 0) is 12.5 Å². The van der Waals surface area contributed by atoms with Crippen molar-refractivity contribution in [1.29, 1.82) is 0 Å². The second-order valence-corrected chi connectivity index (χ2v) is 2.36. The molecule has 0 aromatic rings. The van der Waals surface area contributed by atoms with E-state index < -0.39 is 0 Å². The van der Waals surface area contributed by atoms with Gasteiger partial charge < -0.3 is 4.90 Å². The zero-order chi connectivity index (χ0) is 7.56. The summed E-state index contributed by atoms with van der Waals surface area (Å²) in [5, 5.41) is 0. The van der Waals surface area contributed by atoms with Crippen LogP contribution in [0.1, 0.15) is 6.92 Å². The largest absolute Gasteiger partial charge is 0.361 e. The summed E-state index contributed by atoms with van der Waals surface area (Å²) in [6.07, 6.45) is 7.20. The molecule has 0 unspecified atom stereocenters. The number of hydrogen-bond donors (Lipinski definition) is 0. The Morgan fingerprint density at radius 2 is 2.50 bits per heavy atom. The highest BCUT2D eigenvalue weighted by atomic mass is 15.2. The second-order valence-electron chi connectivity index (χ2n) is 2.36. The van der Waals surface area contributed by atoms with Gasteiger partial charge in [-0.1, -0.05) is 5.92 Å². The van der Waals surface area contributed by atoms with Gasteiger partial charge in [-0.2, -0.15) is 0 Å². The van der Waals surface area contributed by atoms with Crippen LogP contribution in [0.3, 0.4) is 0 Å². The molecule has 0 amide bonds. The minimum atomic E-state index is 0.677. The van der Waals surface area contributed by atoms with Crippen molar-refractivity contribution in [2.24, 2.45) is 4.99 Å². The molecule has 1 aliphatic heterocycles. The fourth-order valence-electron chi connectivity index (χ4n) is 0.899. The van der Waals surface area contributed by atoms with Gasteiger partial charge in [-0.25, -0.2) is 0 Å². The van der Waals surface area contributed by atoms with Gasteiger partial charge in [-0.3, -0.25) is 4.99 Å². The van der Waals surface area contributed by atoms with Crippen LogP contribution in [0.15, 0.2) is 16.8 Å². The quantitative estimate of drug-likeness (QED) is 0.449. The molecule has 0 bridgehead atoms. The van der Waals surface area contributed by atoms with E-state index in [4.69, 9.17) is 6.42 Å². The Bertz CT molecular complexity index is 230. The number of hydrogen-bond acceptors (Lipinski definition) is 2. The van der Waals surface area contributed by atoms with Gasteiger partial charge in [-0.15, -0.1) is 6.42 Å². The van der Waals surface area contributed by atoms with Crippen LogP contribution in [0.5, 0.6) is 0 Å². The second kappa shape index (κ2) is 2.57. The molecule has 0 saturated heterocycles. The fraction of sp³-hybridized carbons (Fsp3) is 0.375. The summed E-state index contributed by atoms with van der Waals surface area (Å²) < 4.78 is 0. The molecule has 0 saturated carbocycles.